The van der Waals surface area contributed by atoms with E-state index in [9.17, 15) is 4.79 Å². The molecule has 2 nitrogen and oxygen atoms in total. The summed E-state index contributed by atoms with van der Waals surface area (Å²) in [6.45, 7) is 5.71. The van der Waals surface area contributed by atoms with E-state index in [-0.39, 0.29) is 5.57 Å². The van der Waals surface area contributed by atoms with Crippen LogP contribution in [0.5, 0.6) is 0 Å². The number of hydrogen-bond donors (Lipinski definition) is 1. The molecule has 1 N–H and O–H groups in total. The quantitative estimate of drug-likeness (QED) is 0.832. The molecule has 0 amide bonds. The third-order valence-electron chi connectivity index (χ3n) is 2.46. The second kappa shape index (κ2) is 5.85. The Morgan fingerprint density at radius 1 is 1.50 bits per heavy atom. The van der Waals surface area contributed by atoms with E-state index in [4.69, 9.17) is 5.11 Å². The molecule has 0 unspecified atom stereocenters. The first kappa shape index (κ1) is 13.0. The predicted molar refractivity (Wildman–Crippen MR) is 69.4 cm³/mol. The molecular formula is C13H15BrO2. The van der Waals surface area contributed by atoms with Crippen molar-refractivity contribution in [2.24, 2.45) is 0 Å². The lowest BCUT2D eigenvalue weighted by molar-refractivity contribution is -0.130. The van der Waals surface area contributed by atoms with Gasteiger partial charge in [0.1, 0.15) is 0 Å². The molecule has 0 saturated carbocycles. The maximum absolute atomic E-state index is 10.9. The second-order valence-corrected chi connectivity index (χ2v) is 4.46. The van der Waals surface area contributed by atoms with E-state index in [1.807, 2.05) is 12.1 Å². The van der Waals surface area contributed by atoms with Gasteiger partial charge in [0.2, 0.25) is 0 Å². The maximum atomic E-state index is 10.9. The average molecular weight is 283 g/mol. The fraction of sp³-hybridized carbons (Fsp3) is 0.308. The number of rotatable bonds is 5. The minimum absolute atomic E-state index is 0.130. The first-order valence-electron chi connectivity index (χ1n) is 5.27. The lowest BCUT2D eigenvalue weighted by Gasteiger charge is -2.09. The van der Waals surface area contributed by atoms with Crippen LogP contribution in [0.4, 0.5) is 0 Å². The zero-order valence-electron chi connectivity index (χ0n) is 9.29. The van der Waals surface area contributed by atoms with Gasteiger partial charge in [-0.3, -0.25) is 0 Å². The molecule has 1 aromatic rings. The molecule has 86 valence electrons. The van der Waals surface area contributed by atoms with Gasteiger partial charge in [-0.05, 0) is 34.3 Å². The normalized spacial score (nSPS) is 10.1. The lowest BCUT2D eigenvalue weighted by atomic mass is 10.0. The summed E-state index contributed by atoms with van der Waals surface area (Å²) in [6, 6.07) is 5.66. The number of carboxylic acid groups (broad SMARTS) is 1. The van der Waals surface area contributed by atoms with Crippen LogP contribution in [0.2, 0.25) is 0 Å². The van der Waals surface area contributed by atoms with Crippen LogP contribution >= 0.6 is 15.9 Å². The zero-order valence-corrected chi connectivity index (χ0v) is 10.9. The van der Waals surface area contributed by atoms with Crippen molar-refractivity contribution in [2.75, 3.05) is 0 Å². The maximum Gasteiger partial charge on any atom is 0.335 e. The highest BCUT2D eigenvalue weighted by Crippen LogP contribution is 2.28. The van der Waals surface area contributed by atoms with E-state index in [0.29, 0.717) is 5.56 Å². The van der Waals surface area contributed by atoms with Gasteiger partial charge in [0.15, 0.2) is 0 Å². The van der Waals surface area contributed by atoms with Gasteiger partial charge in [-0.25, -0.2) is 4.79 Å². The van der Waals surface area contributed by atoms with Crippen LogP contribution < -0.4 is 0 Å². The van der Waals surface area contributed by atoms with Crippen molar-refractivity contribution in [1.82, 2.24) is 0 Å². The number of aryl methyl sites for hydroxylation is 1. The van der Waals surface area contributed by atoms with Crippen LogP contribution in [0.3, 0.4) is 0 Å². The first-order chi connectivity index (χ1) is 7.57. The van der Waals surface area contributed by atoms with E-state index in [2.05, 4.69) is 29.4 Å². The van der Waals surface area contributed by atoms with E-state index in [1.54, 1.807) is 6.07 Å². The summed E-state index contributed by atoms with van der Waals surface area (Å²) < 4.78 is 0.857. The average Bonchev–Trinajstić information content (AvgIpc) is 2.26. The minimum Gasteiger partial charge on any atom is -0.478 e. The summed E-state index contributed by atoms with van der Waals surface area (Å²) in [5.74, 6) is -0.978. The van der Waals surface area contributed by atoms with Crippen molar-refractivity contribution < 1.29 is 9.90 Å². The number of unbranched alkanes of at least 4 members (excludes halogenated alkanes) is 1. The zero-order chi connectivity index (χ0) is 12.1. The summed E-state index contributed by atoms with van der Waals surface area (Å²) in [5, 5.41) is 8.91. The van der Waals surface area contributed by atoms with Crippen LogP contribution in [0.15, 0.2) is 29.3 Å². The Bertz CT molecular complexity index is 410. The third kappa shape index (κ3) is 2.95. The monoisotopic (exact) mass is 282 g/mol. The van der Waals surface area contributed by atoms with Gasteiger partial charge >= 0.3 is 5.97 Å². The van der Waals surface area contributed by atoms with Crippen molar-refractivity contribution >= 4 is 27.5 Å². The lowest BCUT2D eigenvalue weighted by Crippen LogP contribution is -2.00. The smallest absolute Gasteiger partial charge is 0.335 e. The molecule has 0 aliphatic rings. The Labute approximate surface area is 104 Å². The van der Waals surface area contributed by atoms with Crippen molar-refractivity contribution in [3.05, 3.63) is 40.4 Å². The summed E-state index contributed by atoms with van der Waals surface area (Å²) in [6.07, 6.45) is 3.18. The summed E-state index contributed by atoms with van der Waals surface area (Å²) in [4.78, 5) is 10.9. The molecule has 0 radical (unpaired) electrons. The van der Waals surface area contributed by atoms with Crippen molar-refractivity contribution in [1.29, 1.82) is 0 Å². The van der Waals surface area contributed by atoms with Gasteiger partial charge in [-0.1, -0.05) is 38.1 Å². The molecule has 1 aromatic carbocycles. The van der Waals surface area contributed by atoms with Gasteiger partial charge in [0.05, 0.1) is 5.57 Å². The molecule has 0 aliphatic carbocycles. The number of hydrogen-bond acceptors (Lipinski definition) is 1. The predicted octanol–water partition coefficient (Wildman–Crippen LogP) is 3.89. The molecular weight excluding hydrogens is 268 g/mol. The van der Waals surface area contributed by atoms with Crippen LogP contribution in [-0.2, 0) is 11.2 Å². The fourth-order valence-electron chi connectivity index (χ4n) is 1.49. The molecule has 0 aliphatic heterocycles. The molecule has 0 atom stereocenters. The number of carbonyl (C=O) groups is 1. The number of aliphatic carboxylic acids is 1. The standard InChI is InChI=1S/C13H15BrO2/c1-3-4-6-10-7-5-8-11(12(10)14)9(2)13(15)16/h5,7-8H,2-4,6H2,1H3,(H,15,16). The molecule has 3 heteroatoms. The topological polar surface area (TPSA) is 37.3 Å². The number of benzene rings is 1. The van der Waals surface area contributed by atoms with Gasteiger partial charge in [-0.15, -0.1) is 0 Å². The van der Waals surface area contributed by atoms with Crippen molar-refractivity contribution in [2.45, 2.75) is 26.2 Å². The van der Waals surface area contributed by atoms with Gasteiger partial charge in [-0.2, -0.15) is 0 Å². The highest BCUT2D eigenvalue weighted by molar-refractivity contribution is 9.10. The summed E-state index contributed by atoms with van der Waals surface area (Å²) in [5.41, 5.74) is 1.94. The Hall–Kier alpha value is -1.09. The Morgan fingerprint density at radius 2 is 2.19 bits per heavy atom. The van der Waals surface area contributed by atoms with Gasteiger partial charge < -0.3 is 5.11 Å². The van der Waals surface area contributed by atoms with Gasteiger partial charge in [0, 0.05) is 10.0 Å². The summed E-state index contributed by atoms with van der Waals surface area (Å²) >= 11 is 3.46. The second-order valence-electron chi connectivity index (χ2n) is 3.67. The van der Waals surface area contributed by atoms with Crippen molar-refractivity contribution in [3.8, 4) is 0 Å². The van der Waals surface area contributed by atoms with Crippen LogP contribution in [0.25, 0.3) is 5.57 Å². The molecule has 16 heavy (non-hydrogen) atoms. The molecule has 0 saturated heterocycles. The van der Waals surface area contributed by atoms with Crippen LogP contribution in [-0.4, -0.2) is 11.1 Å². The van der Waals surface area contributed by atoms with Crippen LogP contribution in [0.1, 0.15) is 30.9 Å². The minimum atomic E-state index is -0.978. The number of halogens is 1. The SMILES string of the molecule is C=C(C(=O)O)c1cccc(CCCC)c1Br. The summed E-state index contributed by atoms with van der Waals surface area (Å²) in [7, 11) is 0. The fourth-order valence-corrected chi connectivity index (χ4v) is 2.19. The van der Waals surface area contributed by atoms with Crippen molar-refractivity contribution in [3.63, 3.8) is 0 Å². The van der Waals surface area contributed by atoms with Gasteiger partial charge in [0.25, 0.3) is 0 Å². The largest absolute Gasteiger partial charge is 0.478 e. The molecule has 1 rings (SSSR count). The van der Waals surface area contributed by atoms with E-state index < -0.39 is 5.97 Å². The van der Waals surface area contributed by atoms with E-state index in [0.717, 1.165) is 29.3 Å². The molecule has 0 spiro atoms. The molecule has 0 heterocycles. The molecule has 0 fully saturated rings. The molecule has 0 bridgehead atoms. The Morgan fingerprint density at radius 3 is 2.75 bits per heavy atom. The van der Waals surface area contributed by atoms with E-state index in [1.165, 1.54) is 0 Å². The Kier molecular flexibility index (Phi) is 4.74. The Balaban J connectivity index is 3.03. The highest BCUT2D eigenvalue weighted by atomic mass is 79.9. The van der Waals surface area contributed by atoms with Crippen LogP contribution in [0, 0.1) is 0 Å². The molecule has 0 aromatic heterocycles. The van der Waals surface area contributed by atoms with E-state index >= 15 is 0 Å². The highest BCUT2D eigenvalue weighted by Gasteiger charge is 2.12. The third-order valence-corrected chi connectivity index (χ3v) is 3.40. The number of carboxylic acids is 1. The first-order valence-corrected chi connectivity index (χ1v) is 6.07.